The molecule has 0 bridgehead atoms. The highest BCUT2D eigenvalue weighted by Crippen LogP contribution is 2.43. The van der Waals surface area contributed by atoms with Gasteiger partial charge in [0.1, 0.15) is 12.1 Å². The fourth-order valence-electron chi connectivity index (χ4n) is 6.44. The molecule has 2 aromatic heterocycles. The molecule has 8 rings (SSSR count). The van der Waals surface area contributed by atoms with E-state index in [9.17, 15) is 10.5 Å². The molecule has 0 aliphatic heterocycles. The number of hydrogen-bond donors (Lipinski definition) is 0. The number of para-hydroxylation sites is 3. The van der Waals surface area contributed by atoms with Crippen LogP contribution in [0.5, 0.6) is 0 Å². The van der Waals surface area contributed by atoms with Crippen molar-refractivity contribution in [2.24, 2.45) is 0 Å². The molecule has 0 aliphatic rings. The smallest absolute Gasteiger partial charge is 0.101 e. The highest BCUT2D eigenvalue weighted by atomic mass is 15.0. The first kappa shape index (κ1) is 23.8. The Kier molecular flexibility index (Phi) is 5.22. The maximum absolute atomic E-state index is 10.0. The molecule has 0 unspecified atom stereocenters. The minimum absolute atomic E-state index is 0.470. The van der Waals surface area contributed by atoms with Crippen molar-refractivity contribution >= 4 is 43.6 Å². The van der Waals surface area contributed by atoms with E-state index in [4.69, 9.17) is 0 Å². The van der Waals surface area contributed by atoms with Crippen LogP contribution in [-0.2, 0) is 0 Å². The quantitative estimate of drug-likeness (QED) is 0.227. The van der Waals surface area contributed by atoms with Gasteiger partial charge in [0, 0.05) is 27.2 Å². The molecule has 8 aromatic rings. The molecule has 2 heterocycles. The largest absolute Gasteiger partial charge is 0.309 e. The Morgan fingerprint density at radius 3 is 1.50 bits per heavy atom. The van der Waals surface area contributed by atoms with Gasteiger partial charge in [-0.25, -0.2) is 0 Å². The van der Waals surface area contributed by atoms with Crippen molar-refractivity contribution in [1.29, 1.82) is 10.5 Å². The third-order valence-corrected chi connectivity index (χ3v) is 8.20. The van der Waals surface area contributed by atoms with E-state index in [-0.39, 0.29) is 0 Å². The average Bonchev–Trinajstić information content (AvgIpc) is 3.57. The first-order chi connectivity index (χ1) is 20.8. The predicted octanol–water partition coefficient (Wildman–Crippen LogP) is 9.29. The zero-order valence-corrected chi connectivity index (χ0v) is 22.5. The van der Waals surface area contributed by atoms with Crippen molar-refractivity contribution in [3.63, 3.8) is 0 Å². The summed E-state index contributed by atoms with van der Waals surface area (Å²) in [4.78, 5) is 0. The predicted molar refractivity (Wildman–Crippen MR) is 170 cm³/mol. The summed E-state index contributed by atoms with van der Waals surface area (Å²) in [7, 11) is 0. The van der Waals surface area contributed by atoms with Crippen LogP contribution in [0.1, 0.15) is 11.1 Å². The van der Waals surface area contributed by atoms with Crippen LogP contribution in [0, 0.1) is 22.7 Å². The molecular formula is C38H22N4. The van der Waals surface area contributed by atoms with Gasteiger partial charge in [0.25, 0.3) is 0 Å². The lowest BCUT2D eigenvalue weighted by Gasteiger charge is -2.12. The summed E-state index contributed by atoms with van der Waals surface area (Å²) in [6.45, 7) is 0. The molecule has 0 radical (unpaired) electrons. The fourth-order valence-corrected chi connectivity index (χ4v) is 6.44. The molecule has 4 nitrogen and oxygen atoms in total. The molecule has 6 aromatic carbocycles. The summed E-state index contributed by atoms with van der Waals surface area (Å²) in [5, 5.41) is 24.6. The van der Waals surface area contributed by atoms with Crippen molar-refractivity contribution < 1.29 is 0 Å². The van der Waals surface area contributed by atoms with Crippen LogP contribution < -0.4 is 0 Å². The molecule has 0 aliphatic carbocycles. The number of fused-ring (bicyclic) bond motifs is 7. The molecule has 0 fully saturated rings. The second kappa shape index (κ2) is 9.24. The van der Waals surface area contributed by atoms with Crippen molar-refractivity contribution in [2.75, 3.05) is 0 Å². The number of nitrogens with zero attached hydrogens (tertiary/aromatic N) is 4. The Morgan fingerprint density at radius 2 is 0.905 bits per heavy atom. The van der Waals surface area contributed by atoms with Crippen molar-refractivity contribution in [3.05, 3.63) is 145 Å². The molecule has 0 saturated heterocycles. The summed E-state index contributed by atoms with van der Waals surface area (Å²) < 4.78 is 4.41. The Balaban J connectivity index is 1.48. The zero-order chi connectivity index (χ0) is 28.2. The van der Waals surface area contributed by atoms with Crippen LogP contribution in [0.3, 0.4) is 0 Å². The maximum Gasteiger partial charge on any atom is 0.101 e. The van der Waals surface area contributed by atoms with Gasteiger partial charge in [0.2, 0.25) is 0 Å². The zero-order valence-electron chi connectivity index (χ0n) is 22.5. The lowest BCUT2D eigenvalue weighted by Crippen LogP contribution is -2.01. The maximum atomic E-state index is 10.0. The third-order valence-electron chi connectivity index (χ3n) is 8.20. The highest BCUT2D eigenvalue weighted by Gasteiger charge is 2.22. The lowest BCUT2D eigenvalue weighted by molar-refractivity contribution is 1.15. The normalized spacial score (nSPS) is 11.3. The third kappa shape index (κ3) is 3.33. The van der Waals surface area contributed by atoms with E-state index < -0.39 is 0 Å². The minimum atomic E-state index is 0.470. The molecule has 0 atom stereocenters. The molecular weight excluding hydrogens is 512 g/mol. The van der Waals surface area contributed by atoms with Crippen molar-refractivity contribution in [3.8, 4) is 34.6 Å². The Labute approximate surface area is 242 Å². The Morgan fingerprint density at radius 1 is 0.405 bits per heavy atom. The number of rotatable bonds is 3. The Bertz CT molecular complexity index is 2380. The monoisotopic (exact) mass is 534 g/mol. The molecule has 0 N–H and O–H groups in total. The molecule has 0 amide bonds. The number of hydrogen-bond acceptors (Lipinski definition) is 2. The number of aromatic nitrogens is 2. The number of nitriles is 2. The van der Waals surface area contributed by atoms with Crippen LogP contribution in [0.15, 0.2) is 133 Å². The van der Waals surface area contributed by atoms with Crippen LogP contribution in [0.25, 0.3) is 66.1 Å². The van der Waals surface area contributed by atoms with Gasteiger partial charge in [-0.1, -0.05) is 84.9 Å². The first-order valence-electron chi connectivity index (χ1n) is 13.8. The van der Waals surface area contributed by atoms with Gasteiger partial charge in [0.05, 0.1) is 38.9 Å². The van der Waals surface area contributed by atoms with Gasteiger partial charge < -0.3 is 9.13 Å². The van der Waals surface area contributed by atoms with Gasteiger partial charge in [-0.15, -0.1) is 0 Å². The standard InChI is InChI=1S/C38H22N4/c39-23-27-11-8-12-28(24-40)38(27)42-33-16-7-5-14-31(33)37-35(42)22-21-34-36(37)30-13-4-6-15-32(30)41(34)29-19-17-26(18-20-29)25-9-2-1-3-10-25/h1-22H. The van der Waals surface area contributed by atoms with Crippen LogP contribution in [-0.4, -0.2) is 9.13 Å². The second-order valence-corrected chi connectivity index (χ2v) is 10.4. The summed E-state index contributed by atoms with van der Waals surface area (Å²) in [6.07, 6.45) is 0. The van der Waals surface area contributed by atoms with Gasteiger partial charge in [-0.3, -0.25) is 0 Å². The number of benzene rings is 6. The second-order valence-electron chi connectivity index (χ2n) is 10.4. The minimum Gasteiger partial charge on any atom is -0.309 e. The molecule has 0 saturated carbocycles. The first-order valence-corrected chi connectivity index (χ1v) is 13.8. The molecule has 0 spiro atoms. The van der Waals surface area contributed by atoms with E-state index in [1.54, 1.807) is 18.2 Å². The van der Waals surface area contributed by atoms with Gasteiger partial charge in [-0.05, 0) is 59.7 Å². The van der Waals surface area contributed by atoms with E-state index in [1.165, 1.54) is 11.1 Å². The van der Waals surface area contributed by atoms with E-state index in [0.717, 1.165) is 49.3 Å². The molecule has 42 heavy (non-hydrogen) atoms. The van der Waals surface area contributed by atoms with Crippen LogP contribution >= 0.6 is 0 Å². The van der Waals surface area contributed by atoms with E-state index in [0.29, 0.717) is 16.8 Å². The lowest BCUT2D eigenvalue weighted by atomic mass is 10.1. The summed E-state index contributed by atoms with van der Waals surface area (Å²) in [6, 6.07) is 50.2. The van der Waals surface area contributed by atoms with Crippen LogP contribution in [0.4, 0.5) is 0 Å². The molecule has 4 heteroatoms. The van der Waals surface area contributed by atoms with E-state index in [1.807, 2.05) is 18.2 Å². The van der Waals surface area contributed by atoms with Crippen LogP contribution in [0.2, 0.25) is 0 Å². The summed E-state index contributed by atoms with van der Waals surface area (Å²) in [5.74, 6) is 0. The fraction of sp³-hybridized carbons (Fsp3) is 0. The SMILES string of the molecule is N#Cc1cccc(C#N)c1-n1c2ccccc2c2c3c4ccccc4n(-c4ccc(-c5ccccc5)cc4)c3ccc21. The molecule has 194 valence electrons. The van der Waals surface area contributed by atoms with Crippen molar-refractivity contribution in [1.82, 2.24) is 9.13 Å². The van der Waals surface area contributed by atoms with Crippen molar-refractivity contribution in [2.45, 2.75) is 0 Å². The van der Waals surface area contributed by atoms with Gasteiger partial charge >= 0.3 is 0 Å². The topological polar surface area (TPSA) is 57.4 Å². The average molecular weight is 535 g/mol. The summed E-state index contributed by atoms with van der Waals surface area (Å²) in [5.41, 5.74) is 9.17. The van der Waals surface area contributed by atoms with Gasteiger partial charge in [0.15, 0.2) is 0 Å². The van der Waals surface area contributed by atoms with E-state index in [2.05, 4.69) is 118 Å². The Hall–Kier alpha value is -6.10. The van der Waals surface area contributed by atoms with Gasteiger partial charge in [-0.2, -0.15) is 10.5 Å². The summed E-state index contributed by atoms with van der Waals surface area (Å²) >= 11 is 0. The van der Waals surface area contributed by atoms with E-state index >= 15 is 0 Å². The highest BCUT2D eigenvalue weighted by molar-refractivity contribution is 6.29.